The molecule has 1 heterocycles. The van der Waals surface area contributed by atoms with Crippen molar-refractivity contribution in [2.24, 2.45) is 17.8 Å². The van der Waals surface area contributed by atoms with Gasteiger partial charge in [-0.3, -0.25) is 0 Å². The van der Waals surface area contributed by atoms with Crippen molar-refractivity contribution < 1.29 is 23.0 Å². The molecule has 1 atom stereocenters. The van der Waals surface area contributed by atoms with Gasteiger partial charge in [-0.2, -0.15) is 8.78 Å². The van der Waals surface area contributed by atoms with Gasteiger partial charge in [0.15, 0.2) is 11.5 Å². The van der Waals surface area contributed by atoms with Gasteiger partial charge in [-0.05, 0) is 50.3 Å². The molecule has 1 fully saturated rings. The van der Waals surface area contributed by atoms with Crippen LogP contribution in [-0.4, -0.2) is 19.8 Å². The summed E-state index contributed by atoms with van der Waals surface area (Å²) in [5.41, 5.74) is 0. The maximum Gasteiger partial charge on any atom is 0.204 e. The standard InChI is InChI=1S/C21H28F2O3/c1-3-24-18-10-11-19(21(23)20(18)22)26-13-15-6-9-17(25-12-15)16-7-4-14(2)5-8-16/h9-11,14-16H,3-8,12-13H2,1-2H3. The van der Waals surface area contributed by atoms with Crippen LogP contribution in [0.1, 0.15) is 46.0 Å². The zero-order chi connectivity index (χ0) is 18.5. The quantitative estimate of drug-likeness (QED) is 0.666. The molecule has 0 bridgehead atoms. The molecule has 2 aliphatic rings. The molecule has 26 heavy (non-hydrogen) atoms. The summed E-state index contributed by atoms with van der Waals surface area (Å²) >= 11 is 0. The second kappa shape index (κ2) is 8.74. The second-order valence-electron chi connectivity index (χ2n) is 7.41. The Morgan fingerprint density at radius 2 is 1.69 bits per heavy atom. The van der Waals surface area contributed by atoms with Crippen LogP contribution < -0.4 is 9.47 Å². The minimum atomic E-state index is -1.00. The monoisotopic (exact) mass is 366 g/mol. The number of hydrogen-bond donors (Lipinski definition) is 0. The molecule has 0 spiro atoms. The third-order valence-corrected chi connectivity index (χ3v) is 5.34. The average Bonchev–Trinajstić information content (AvgIpc) is 2.66. The van der Waals surface area contributed by atoms with Gasteiger partial charge in [0, 0.05) is 11.8 Å². The highest BCUT2D eigenvalue weighted by Crippen LogP contribution is 2.36. The SMILES string of the molecule is CCOc1ccc(OCC2CC=C(C3CCC(C)CC3)OC2)c(F)c1F. The lowest BCUT2D eigenvalue weighted by Gasteiger charge is -2.31. The molecular weight excluding hydrogens is 338 g/mol. The second-order valence-corrected chi connectivity index (χ2v) is 7.41. The molecule has 144 valence electrons. The summed E-state index contributed by atoms with van der Waals surface area (Å²) < 4.78 is 44.4. The predicted molar refractivity (Wildman–Crippen MR) is 96.3 cm³/mol. The van der Waals surface area contributed by atoms with Crippen molar-refractivity contribution >= 4 is 0 Å². The van der Waals surface area contributed by atoms with Crippen molar-refractivity contribution in [2.75, 3.05) is 19.8 Å². The van der Waals surface area contributed by atoms with Crippen molar-refractivity contribution in [3.05, 3.63) is 35.6 Å². The molecule has 0 N–H and O–H groups in total. The summed E-state index contributed by atoms with van der Waals surface area (Å²) in [5.74, 6) is 0.460. The molecule has 1 aromatic carbocycles. The largest absolute Gasteiger partial charge is 0.498 e. The summed E-state index contributed by atoms with van der Waals surface area (Å²) in [7, 11) is 0. The van der Waals surface area contributed by atoms with Gasteiger partial charge in [-0.15, -0.1) is 0 Å². The number of allylic oxidation sites excluding steroid dienone is 2. The van der Waals surface area contributed by atoms with E-state index in [9.17, 15) is 8.78 Å². The summed E-state index contributed by atoms with van der Waals surface area (Å²) in [6.45, 7) is 5.18. The summed E-state index contributed by atoms with van der Waals surface area (Å²) in [6, 6.07) is 2.81. The first-order valence-corrected chi connectivity index (χ1v) is 9.64. The lowest BCUT2D eigenvalue weighted by Crippen LogP contribution is -2.25. The van der Waals surface area contributed by atoms with Crippen LogP contribution in [-0.2, 0) is 4.74 Å². The molecule has 1 saturated carbocycles. The number of halogens is 2. The van der Waals surface area contributed by atoms with Crippen LogP contribution in [0.2, 0.25) is 0 Å². The molecular formula is C21H28F2O3. The van der Waals surface area contributed by atoms with E-state index in [1.807, 2.05) is 0 Å². The molecule has 1 aromatic rings. The smallest absolute Gasteiger partial charge is 0.204 e. The Labute approximate surface area is 154 Å². The fourth-order valence-electron chi connectivity index (χ4n) is 3.67. The van der Waals surface area contributed by atoms with Gasteiger partial charge < -0.3 is 14.2 Å². The van der Waals surface area contributed by atoms with E-state index in [4.69, 9.17) is 14.2 Å². The Morgan fingerprint density at radius 3 is 2.27 bits per heavy atom. The molecule has 1 unspecified atom stereocenters. The van der Waals surface area contributed by atoms with E-state index in [-0.39, 0.29) is 24.0 Å². The van der Waals surface area contributed by atoms with Gasteiger partial charge in [0.25, 0.3) is 0 Å². The summed E-state index contributed by atoms with van der Waals surface area (Å²) in [5, 5.41) is 0. The van der Waals surface area contributed by atoms with Crippen LogP contribution in [0.3, 0.4) is 0 Å². The normalized spacial score (nSPS) is 26.0. The number of benzene rings is 1. The molecule has 3 nitrogen and oxygen atoms in total. The predicted octanol–water partition coefficient (Wildman–Crippen LogP) is 5.49. The van der Waals surface area contributed by atoms with Crippen LogP contribution in [0.25, 0.3) is 0 Å². The molecule has 3 rings (SSSR count). The van der Waals surface area contributed by atoms with E-state index in [1.165, 1.54) is 37.8 Å². The highest BCUT2D eigenvalue weighted by Gasteiger charge is 2.26. The lowest BCUT2D eigenvalue weighted by atomic mass is 9.81. The van der Waals surface area contributed by atoms with E-state index >= 15 is 0 Å². The third-order valence-electron chi connectivity index (χ3n) is 5.34. The number of hydrogen-bond acceptors (Lipinski definition) is 3. The molecule has 0 radical (unpaired) electrons. The Morgan fingerprint density at radius 1 is 1.04 bits per heavy atom. The molecule has 5 heteroatoms. The van der Waals surface area contributed by atoms with Crippen LogP contribution in [0, 0.1) is 29.4 Å². The topological polar surface area (TPSA) is 27.7 Å². The first kappa shape index (κ1) is 19.0. The van der Waals surface area contributed by atoms with E-state index in [0.29, 0.717) is 19.1 Å². The van der Waals surface area contributed by atoms with Gasteiger partial charge in [-0.1, -0.05) is 19.8 Å². The Bertz CT molecular complexity index is 636. The molecule has 1 aliphatic carbocycles. The van der Waals surface area contributed by atoms with Crippen molar-refractivity contribution in [1.29, 1.82) is 0 Å². The average molecular weight is 366 g/mol. The van der Waals surface area contributed by atoms with Crippen LogP contribution in [0.5, 0.6) is 11.5 Å². The first-order valence-electron chi connectivity index (χ1n) is 9.64. The molecule has 0 amide bonds. The number of rotatable bonds is 6. The maximum atomic E-state index is 14.1. The van der Waals surface area contributed by atoms with E-state index in [0.717, 1.165) is 18.1 Å². The Kier molecular flexibility index (Phi) is 6.38. The lowest BCUT2D eigenvalue weighted by molar-refractivity contribution is 0.0817. The summed E-state index contributed by atoms with van der Waals surface area (Å²) in [4.78, 5) is 0. The Hall–Kier alpha value is -1.78. The zero-order valence-corrected chi connectivity index (χ0v) is 15.6. The third kappa shape index (κ3) is 4.49. The van der Waals surface area contributed by atoms with Crippen molar-refractivity contribution in [3.8, 4) is 11.5 Å². The molecule has 0 saturated heterocycles. The first-order chi connectivity index (χ1) is 12.6. The van der Waals surface area contributed by atoms with Crippen LogP contribution >= 0.6 is 0 Å². The van der Waals surface area contributed by atoms with Gasteiger partial charge in [0.1, 0.15) is 0 Å². The minimum absolute atomic E-state index is 0.0815. The van der Waals surface area contributed by atoms with Crippen molar-refractivity contribution in [3.63, 3.8) is 0 Å². The van der Waals surface area contributed by atoms with Gasteiger partial charge in [0.2, 0.25) is 11.6 Å². The van der Waals surface area contributed by atoms with E-state index < -0.39 is 11.6 Å². The van der Waals surface area contributed by atoms with Crippen LogP contribution in [0.4, 0.5) is 8.78 Å². The Balaban J connectivity index is 1.51. The maximum absolute atomic E-state index is 14.1. The molecule has 0 aromatic heterocycles. The number of ether oxygens (including phenoxy) is 3. The van der Waals surface area contributed by atoms with Crippen LogP contribution in [0.15, 0.2) is 24.0 Å². The fourth-order valence-corrected chi connectivity index (χ4v) is 3.67. The van der Waals surface area contributed by atoms with Gasteiger partial charge in [-0.25, -0.2) is 0 Å². The minimum Gasteiger partial charge on any atom is -0.498 e. The van der Waals surface area contributed by atoms with E-state index in [1.54, 1.807) is 6.92 Å². The van der Waals surface area contributed by atoms with Crippen molar-refractivity contribution in [2.45, 2.75) is 46.0 Å². The zero-order valence-electron chi connectivity index (χ0n) is 15.6. The van der Waals surface area contributed by atoms with Gasteiger partial charge >= 0.3 is 0 Å². The van der Waals surface area contributed by atoms with Gasteiger partial charge in [0.05, 0.1) is 25.6 Å². The highest BCUT2D eigenvalue weighted by molar-refractivity contribution is 5.35. The van der Waals surface area contributed by atoms with E-state index in [2.05, 4.69) is 13.0 Å². The fraction of sp³-hybridized carbons (Fsp3) is 0.619. The van der Waals surface area contributed by atoms with Crippen molar-refractivity contribution in [1.82, 2.24) is 0 Å². The molecule has 1 aliphatic heterocycles. The summed E-state index contributed by atoms with van der Waals surface area (Å²) in [6.07, 6.45) is 7.94. The highest BCUT2D eigenvalue weighted by atomic mass is 19.2.